The lowest BCUT2D eigenvalue weighted by atomic mass is 9.92. The second kappa shape index (κ2) is 4.10. The van der Waals surface area contributed by atoms with E-state index in [2.05, 4.69) is 27.8 Å². The summed E-state index contributed by atoms with van der Waals surface area (Å²) in [5.74, 6) is 1.80. The highest BCUT2D eigenvalue weighted by Crippen LogP contribution is 2.35. The Morgan fingerprint density at radius 2 is 2.12 bits per heavy atom. The molecule has 0 aliphatic heterocycles. The third kappa shape index (κ3) is 1.52. The van der Waals surface area contributed by atoms with Gasteiger partial charge in [0.25, 0.3) is 0 Å². The summed E-state index contributed by atoms with van der Waals surface area (Å²) >= 11 is 5.85. The molecule has 0 amide bonds. The van der Waals surface area contributed by atoms with Crippen molar-refractivity contribution in [1.29, 1.82) is 0 Å². The standard InChI is InChI=1S/C13H15ClN2/c14-9-8-13-15-11-6-1-2-7-12(11)16(13)10-4-3-5-10/h1-2,6-7,10H,3-5,8-9H2. The highest BCUT2D eigenvalue weighted by Gasteiger charge is 2.23. The van der Waals surface area contributed by atoms with Gasteiger partial charge in [-0.3, -0.25) is 0 Å². The molecule has 0 bridgehead atoms. The smallest absolute Gasteiger partial charge is 0.111 e. The first-order chi connectivity index (χ1) is 7.90. The number of alkyl halides is 1. The molecule has 0 radical (unpaired) electrons. The minimum absolute atomic E-state index is 0.649. The molecule has 0 N–H and O–H groups in total. The maximum Gasteiger partial charge on any atom is 0.111 e. The molecule has 1 saturated carbocycles. The Labute approximate surface area is 100 Å². The zero-order valence-corrected chi connectivity index (χ0v) is 9.95. The van der Waals surface area contributed by atoms with E-state index < -0.39 is 0 Å². The Morgan fingerprint density at radius 3 is 2.81 bits per heavy atom. The summed E-state index contributed by atoms with van der Waals surface area (Å²) in [6, 6.07) is 9.04. The topological polar surface area (TPSA) is 17.8 Å². The lowest BCUT2D eigenvalue weighted by Gasteiger charge is -2.29. The summed E-state index contributed by atoms with van der Waals surface area (Å²) in [4.78, 5) is 4.68. The maximum absolute atomic E-state index is 5.85. The van der Waals surface area contributed by atoms with Gasteiger partial charge in [-0.2, -0.15) is 0 Å². The van der Waals surface area contributed by atoms with Gasteiger partial charge >= 0.3 is 0 Å². The first kappa shape index (κ1) is 10.2. The summed E-state index contributed by atoms with van der Waals surface area (Å²) in [5, 5.41) is 0. The second-order valence-corrected chi connectivity index (χ2v) is 4.79. The highest BCUT2D eigenvalue weighted by molar-refractivity contribution is 6.17. The second-order valence-electron chi connectivity index (χ2n) is 4.41. The number of hydrogen-bond donors (Lipinski definition) is 0. The number of fused-ring (bicyclic) bond motifs is 1. The zero-order chi connectivity index (χ0) is 11.0. The molecular formula is C13H15ClN2. The van der Waals surface area contributed by atoms with Gasteiger partial charge in [0.2, 0.25) is 0 Å². The number of imidazole rings is 1. The molecule has 0 unspecified atom stereocenters. The first-order valence-corrected chi connectivity index (χ1v) is 6.45. The predicted molar refractivity (Wildman–Crippen MR) is 67.0 cm³/mol. The van der Waals surface area contributed by atoms with Crippen LogP contribution in [0.5, 0.6) is 0 Å². The van der Waals surface area contributed by atoms with Gasteiger partial charge < -0.3 is 4.57 Å². The lowest BCUT2D eigenvalue weighted by Crippen LogP contribution is -2.19. The molecule has 1 aliphatic carbocycles. The van der Waals surface area contributed by atoms with Gasteiger partial charge in [-0.05, 0) is 31.4 Å². The Hall–Kier alpha value is -1.02. The summed E-state index contributed by atoms with van der Waals surface area (Å²) in [6.07, 6.45) is 4.79. The summed E-state index contributed by atoms with van der Waals surface area (Å²) in [6.45, 7) is 0. The van der Waals surface area contributed by atoms with Gasteiger partial charge in [-0.1, -0.05) is 12.1 Å². The van der Waals surface area contributed by atoms with Crippen LogP contribution < -0.4 is 0 Å². The number of benzene rings is 1. The quantitative estimate of drug-likeness (QED) is 0.743. The molecule has 16 heavy (non-hydrogen) atoms. The van der Waals surface area contributed by atoms with Crippen molar-refractivity contribution in [3.8, 4) is 0 Å². The summed E-state index contributed by atoms with van der Waals surface area (Å²) in [5.41, 5.74) is 2.38. The predicted octanol–water partition coefficient (Wildman–Crippen LogP) is 3.54. The van der Waals surface area contributed by atoms with Crippen molar-refractivity contribution in [3.05, 3.63) is 30.1 Å². The number of aromatic nitrogens is 2. The normalized spacial score (nSPS) is 16.6. The van der Waals surface area contributed by atoms with E-state index in [9.17, 15) is 0 Å². The summed E-state index contributed by atoms with van der Waals surface area (Å²) < 4.78 is 2.40. The Morgan fingerprint density at radius 1 is 1.31 bits per heavy atom. The molecule has 1 aromatic carbocycles. The molecule has 1 aliphatic rings. The van der Waals surface area contributed by atoms with Crippen LogP contribution in [0.3, 0.4) is 0 Å². The Bertz CT molecular complexity index is 500. The van der Waals surface area contributed by atoms with Crippen molar-refractivity contribution in [2.75, 3.05) is 5.88 Å². The van der Waals surface area contributed by atoms with E-state index in [1.54, 1.807) is 0 Å². The van der Waals surface area contributed by atoms with Crippen molar-refractivity contribution < 1.29 is 0 Å². The van der Waals surface area contributed by atoms with Crippen LogP contribution in [0.4, 0.5) is 0 Å². The number of rotatable bonds is 3. The van der Waals surface area contributed by atoms with E-state index in [0.29, 0.717) is 11.9 Å². The molecule has 3 rings (SSSR count). The molecule has 2 nitrogen and oxygen atoms in total. The number of aryl methyl sites for hydroxylation is 1. The van der Waals surface area contributed by atoms with Crippen LogP contribution >= 0.6 is 11.6 Å². The van der Waals surface area contributed by atoms with Crippen molar-refractivity contribution in [2.45, 2.75) is 31.7 Å². The van der Waals surface area contributed by atoms with Gasteiger partial charge in [-0.25, -0.2) is 4.98 Å². The third-order valence-corrected chi connectivity index (χ3v) is 3.62. The molecule has 3 heteroatoms. The van der Waals surface area contributed by atoms with Crippen molar-refractivity contribution in [2.24, 2.45) is 0 Å². The van der Waals surface area contributed by atoms with Crippen molar-refractivity contribution in [1.82, 2.24) is 9.55 Å². The van der Waals surface area contributed by atoms with Gasteiger partial charge in [0.1, 0.15) is 5.82 Å². The number of hydrogen-bond acceptors (Lipinski definition) is 1. The van der Waals surface area contributed by atoms with E-state index in [4.69, 9.17) is 11.6 Å². The van der Waals surface area contributed by atoms with Gasteiger partial charge in [-0.15, -0.1) is 11.6 Å². The Kier molecular flexibility index (Phi) is 2.60. The largest absolute Gasteiger partial charge is 0.325 e. The SMILES string of the molecule is ClCCc1nc2ccccc2n1C1CCC1. The first-order valence-electron chi connectivity index (χ1n) is 5.92. The lowest BCUT2D eigenvalue weighted by molar-refractivity contribution is 0.314. The number of nitrogens with zero attached hydrogens (tertiary/aromatic N) is 2. The zero-order valence-electron chi connectivity index (χ0n) is 9.19. The average Bonchev–Trinajstić information content (AvgIpc) is 2.56. The molecule has 2 aromatic rings. The molecular weight excluding hydrogens is 220 g/mol. The fourth-order valence-electron chi connectivity index (χ4n) is 2.41. The van der Waals surface area contributed by atoms with E-state index in [-0.39, 0.29) is 0 Å². The van der Waals surface area contributed by atoms with Crippen molar-refractivity contribution in [3.63, 3.8) is 0 Å². The van der Waals surface area contributed by atoms with E-state index in [1.165, 1.54) is 24.8 Å². The fraction of sp³-hybridized carbons (Fsp3) is 0.462. The monoisotopic (exact) mass is 234 g/mol. The summed E-state index contributed by atoms with van der Waals surface area (Å²) in [7, 11) is 0. The van der Waals surface area contributed by atoms with Crippen LogP contribution in [-0.2, 0) is 6.42 Å². The minimum Gasteiger partial charge on any atom is -0.325 e. The average molecular weight is 235 g/mol. The molecule has 1 aromatic heterocycles. The fourth-order valence-corrected chi connectivity index (χ4v) is 2.58. The van der Waals surface area contributed by atoms with Crippen LogP contribution in [0.1, 0.15) is 31.1 Å². The Balaban J connectivity index is 2.14. The van der Waals surface area contributed by atoms with Crippen LogP contribution in [0, 0.1) is 0 Å². The molecule has 84 valence electrons. The number of halogens is 1. The van der Waals surface area contributed by atoms with E-state index in [0.717, 1.165) is 17.8 Å². The molecule has 0 spiro atoms. The van der Waals surface area contributed by atoms with E-state index >= 15 is 0 Å². The van der Waals surface area contributed by atoms with Crippen LogP contribution in [0.25, 0.3) is 11.0 Å². The minimum atomic E-state index is 0.649. The van der Waals surface area contributed by atoms with Crippen LogP contribution in [-0.4, -0.2) is 15.4 Å². The number of para-hydroxylation sites is 2. The van der Waals surface area contributed by atoms with Gasteiger partial charge in [0.15, 0.2) is 0 Å². The van der Waals surface area contributed by atoms with E-state index in [1.807, 2.05) is 6.07 Å². The van der Waals surface area contributed by atoms with Gasteiger partial charge in [0.05, 0.1) is 11.0 Å². The van der Waals surface area contributed by atoms with Crippen LogP contribution in [0.2, 0.25) is 0 Å². The van der Waals surface area contributed by atoms with Crippen molar-refractivity contribution >= 4 is 22.6 Å². The molecule has 1 fully saturated rings. The maximum atomic E-state index is 5.85. The molecule has 0 atom stereocenters. The third-order valence-electron chi connectivity index (χ3n) is 3.43. The van der Waals surface area contributed by atoms with Crippen LogP contribution in [0.15, 0.2) is 24.3 Å². The molecule has 1 heterocycles. The highest BCUT2D eigenvalue weighted by atomic mass is 35.5. The van der Waals surface area contributed by atoms with Gasteiger partial charge in [0, 0.05) is 18.3 Å². The molecule has 0 saturated heterocycles.